The number of carbonyl (C=O) groups excluding carboxylic acids is 1. The molecule has 0 aliphatic carbocycles. The first-order valence-corrected chi connectivity index (χ1v) is 7.94. The highest BCUT2D eigenvalue weighted by Crippen LogP contribution is 2.10. The maximum Gasteiger partial charge on any atom is 0.271 e. The van der Waals surface area contributed by atoms with E-state index in [9.17, 15) is 13.2 Å². The van der Waals surface area contributed by atoms with Crippen LogP contribution in [0.1, 0.15) is 16.2 Å². The van der Waals surface area contributed by atoms with Gasteiger partial charge in [-0.15, -0.1) is 0 Å². The van der Waals surface area contributed by atoms with E-state index in [4.69, 9.17) is 0 Å². The van der Waals surface area contributed by atoms with Gasteiger partial charge in [0.05, 0.1) is 11.9 Å². The summed E-state index contributed by atoms with van der Waals surface area (Å²) < 4.78 is 25.9. The minimum atomic E-state index is -3.24. The topological polar surface area (TPSA) is 92.6 Å². The van der Waals surface area contributed by atoms with Crippen LogP contribution in [-0.4, -0.2) is 43.1 Å². The monoisotopic (exact) mass is 296 g/mol. The molecular weight excluding hydrogens is 280 g/mol. The lowest BCUT2D eigenvalue weighted by Gasteiger charge is -2.04. The van der Waals surface area contributed by atoms with E-state index in [1.807, 2.05) is 35.7 Å². The van der Waals surface area contributed by atoms with Crippen LogP contribution in [0.15, 0.2) is 24.4 Å². The molecule has 0 bridgehead atoms. The third-order valence-corrected chi connectivity index (χ3v) is 3.49. The highest BCUT2D eigenvalue weighted by molar-refractivity contribution is 7.88. The average molecular weight is 296 g/mol. The summed E-state index contributed by atoms with van der Waals surface area (Å²) in [6.45, 7) is 2.17. The summed E-state index contributed by atoms with van der Waals surface area (Å²) in [7, 11) is -3.24. The Morgan fingerprint density at radius 2 is 2.10 bits per heavy atom. The van der Waals surface area contributed by atoms with Crippen LogP contribution in [0.2, 0.25) is 0 Å². The molecule has 2 aromatic heterocycles. The van der Waals surface area contributed by atoms with Gasteiger partial charge in [-0.05, 0) is 19.1 Å². The van der Waals surface area contributed by atoms with Crippen LogP contribution >= 0.6 is 0 Å². The Balaban J connectivity index is 2.03. The summed E-state index contributed by atoms with van der Waals surface area (Å²) >= 11 is 0. The predicted octanol–water partition coefficient (Wildman–Crippen LogP) is -0.0783. The van der Waals surface area contributed by atoms with Gasteiger partial charge in [0, 0.05) is 19.3 Å². The van der Waals surface area contributed by atoms with Crippen molar-refractivity contribution in [2.75, 3.05) is 19.3 Å². The fourth-order valence-corrected chi connectivity index (χ4v) is 2.30. The maximum atomic E-state index is 12.0. The quantitative estimate of drug-likeness (QED) is 0.755. The molecule has 0 unspecified atom stereocenters. The van der Waals surface area contributed by atoms with Gasteiger partial charge in [-0.1, -0.05) is 6.07 Å². The van der Waals surface area contributed by atoms with Crippen LogP contribution in [0.3, 0.4) is 0 Å². The van der Waals surface area contributed by atoms with Crippen molar-refractivity contribution >= 4 is 21.6 Å². The summed E-state index contributed by atoms with van der Waals surface area (Å²) in [5.74, 6) is -0.318. The number of amides is 1. The lowest BCUT2D eigenvalue weighted by atomic mass is 10.3. The molecule has 0 saturated heterocycles. The van der Waals surface area contributed by atoms with Crippen molar-refractivity contribution in [2.45, 2.75) is 6.92 Å². The molecule has 0 fully saturated rings. The van der Waals surface area contributed by atoms with E-state index in [1.54, 1.807) is 0 Å². The van der Waals surface area contributed by atoms with E-state index < -0.39 is 10.0 Å². The van der Waals surface area contributed by atoms with Crippen molar-refractivity contribution in [3.05, 3.63) is 35.8 Å². The van der Waals surface area contributed by atoms with Crippen molar-refractivity contribution in [1.29, 1.82) is 0 Å². The number of aromatic nitrogens is 2. The molecule has 0 saturated carbocycles. The SMILES string of the molecule is Cc1c(C(=O)NCCNS(C)(=O)=O)nc2ccccn12. The number of rotatable bonds is 5. The molecule has 0 aromatic carbocycles. The summed E-state index contributed by atoms with van der Waals surface area (Å²) in [6.07, 6.45) is 2.90. The number of hydrogen-bond donors (Lipinski definition) is 2. The third-order valence-electron chi connectivity index (χ3n) is 2.76. The summed E-state index contributed by atoms with van der Waals surface area (Å²) in [4.78, 5) is 16.2. The van der Waals surface area contributed by atoms with Crippen LogP contribution in [-0.2, 0) is 10.0 Å². The summed E-state index contributed by atoms with van der Waals surface area (Å²) in [5.41, 5.74) is 1.79. The lowest BCUT2D eigenvalue weighted by Crippen LogP contribution is -2.34. The van der Waals surface area contributed by atoms with Crippen LogP contribution in [0.25, 0.3) is 5.65 Å². The zero-order valence-electron chi connectivity index (χ0n) is 11.3. The van der Waals surface area contributed by atoms with E-state index in [1.165, 1.54) is 0 Å². The van der Waals surface area contributed by atoms with E-state index in [-0.39, 0.29) is 19.0 Å². The largest absolute Gasteiger partial charge is 0.349 e. The van der Waals surface area contributed by atoms with Gasteiger partial charge < -0.3 is 9.72 Å². The number of hydrogen-bond acceptors (Lipinski definition) is 4. The Morgan fingerprint density at radius 3 is 2.75 bits per heavy atom. The fraction of sp³-hybridized carbons (Fsp3) is 0.333. The highest BCUT2D eigenvalue weighted by Gasteiger charge is 2.15. The second-order valence-corrected chi connectivity index (χ2v) is 6.23. The van der Waals surface area contributed by atoms with Crippen molar-refractivity contribution in [3.63, 3.8) is 0 Å². The van der Waals surface area contributed by atoms with Gasteiger partial charge in [0.25, 0.3) is 5.91 Å². The molecule has 1 amide bonds. The average Bonchev–Trinajstić information content (AvgIpc) is 2.72. The van der Waals surface area contributed by atoms with Gasteiger partial charge in [-0.2, -0.15) is 0 Å². The first-order valence-electron chi connectivity index (χ1n) is 6.05. The van der Waals surface area contributed by atoms with Crippen molar-refractivity contribution < 1.29 is 13.2 Å². The minimum Gasteiger partial charge on any atom is -0.349 e. The molecule has 108 valence electrons. The Labute approximate surface area is 117 Å². The van der Waals surface area contributed by atoms with Crippen LogP contribution < -0.4 is 10.0 Å². The van der Waals surface area contributed by atoms with E-state index in [2.05, 4.69) is 15.0 Å². The lowest BCUT2D eigenvalue weighted by molar-refractivity contribution is 0.0949. The van der Waals surface area contributed by atoms with E-state index in [0.717, 1.165) is 11.9 Å². The Kier molecular flexibility index (Phi) is 4.05. The molecule has 0 radical (unpaired) electrons. The Hall–Kier alpha value is -1.93. The smallest absolute Gasteiger partial charge is 0.271 e. The number of imidazole rings is 1. The molecule has 0 spiro atoms. The maximum absolute atomic E-state index is 12.0. The van der Waals surface area contributed by atoms with E-state index in [0.29, 0.717) is 11.3 Å². The van der Waals surface area contributed by atoms with Gasteiger partial charge in [0.2, 0.25) is 10.0 Å². The van der Waals surface area contributed by atoms with Gasteiger partial charge in [-0.25, -0.2) is 18.1 Å². The summed E-state index contributed by atoms with van der Waals surface area (Å²) in [6, 6.07) is 5.52. The van der Waals surface area contributed by atoms with Crippen LogP contribution in [0.5, 0.6) is 0 Å². The molecule has 2 N–H and O–H groups in total. The Bertz CT molecular complexity index is 736. The second-order valence-electron chi connectivity index (χ2n) is 4.40. The fourth-order valence-electron chi connectivity index (χ4n) is 1.83. The number of nitrogens with one attached hydrogen (secondary N) is 2. The molecule has 2 aromatic rings. The molecule has 0 atom stereocenters. The number of fused-ring (bicyclic) bond motifs is 1. The molecule has 8 heteroatoms. The highest BCUT2D eigenvalue weighted by atomic mass is 32.2. The van der Waals surface area contributed by atoms with Crippen molar-refractivity contribution in [1.82, 2.24) is 19.4 Å². The Morgan fingerprint density at radius 1 is 1.35 bits per heavy atom. The zero-order valence-corrected chi connectivity index (χ0v) is 12.1. The van der Waals surface area contributed by atoms with Crippen molar-refractivity contribution in [3.8, 4) is 0 Å². The molecule has 2 rings (SSSR count). The van der Waals surface area contributed by atoms with Gasteiger partial charge in [0.1, 0.15) is 11.3 Å². The summed E-state index contributed by atoms with van der Waals surface area (Å²) in [5, 5.41) is 2.63. The molecule has 0 aliphatic heterocycles. The van der Waals surface area contributed by atoms with Crippen molar-refractivity contribution in [2.24, 2.45) is 0 Å². The second kappa shape index (κ2) is 5.59. The van der Waals surface area contributed by atoms with Crippen LogP contribution in [0, 0.1) is 6.92 Å². The van der Waals surface area contributed by atoms with Gasteiger partial charge >= 0.3 is 0 Å². The molecular formula is C12H16N4O3S. The number of aryl methyl sites for hydroxylation is 1. The first kappa shape index (κ1) is 14.5. The minimum absolute atomic E-state index is 0.150. The number of sulfonamides is 1. The molecule has 20 heavy (non-hydrogen) atoms. The van der Waals surface area contributed by atoms with Gasteiger partial charge in [-0.3, -0.25) is 4.79 Å². The third kappa shape index (κ3) is 3.34. The first-order chi connectivity index (χ1) is 9.38. The molecule has 2 heterocycles. The number of carbonyl (C=O) groups is 1. The number of pyridine rings is 1. The number of nitrogens with zero attached hydrogens (tertiary/aromatic N) is 2. The zero-order chi connectivity index (χ0) is 14.8. The molecule has 0 aliphatic rings. The van der Waals surface area contributed by atoms with Crippen LogP contribution in [0.4, 0.5) is 0 Å². The normalized spacial score (nSPS) is 11.7. The predicted molar refractivity (Wildman–Crippen MR) is 75.1 cm³/mol. The standard InChI is InChI=1S/C12H16N4O3S/c1-9-11(15-10-5-3-4-8-16(9)10)12(17)13-6-7-14-20(2,18)19/h3-5,8,14H,6-7H2,1-2H3,(H,13,17). The van der Waals surface area contributed by atoms with Gasteiger partial charge in [0.15, 0.2) is 0 Å². The van der Waals surface area contributed by atoms with E-state index >= 15 is 0 Å². The molecule has 7 nitrogen and oxygen atoms in total.